The van der Waals surface area contributed by atoms with Crippen molar-refractivity contribution in [2.24, 2.45) is 7.05 Å². The highest BCUT2D eigenvalue weighted by Crippen LogP contribution is 2.24. The highest BCUT2D eigenvalue weighted by molar-refractivity contribution is 5.91. The second-order valence-corrected chi connectivity index (χ2v) is 5.16. The summed E-state index contributed by atoms with van der Waals surface area (Å²) in [6.07, 6.45) is 0. The van der Waals surface area contributed by atoms with Gasteiger partial charge in [-0.1, -0.05) is 0 Å². The van der Waals surface area contributed by atoms with Crippen molar-refractivity contribution in [1.82, 2.24) is 15.1 Å². The number of aryl methyl sites for hydroxylation is 1. The lowest BCUT2D eigenvalue weighted by atomic mass is 10.1. The second-order valence-electron chi connectivity index (χ2n) is 5.16. The van der Waals surface area contributed by atoms with Crippen molar-refractivity contribution in [1.29, 1.82) is 0 Å². The molecule has 1 aliphatic heterocycles. The summed E-state index contributed by atoms with van der Waals surface area (Å²) in [7, 11) is 1.54. The Morgan fingerprint density at radius 1 is 1.36 bits per heavy atom. The summed E-state index contributed by atoms with van der Waals surface area (Å²) in [6, 6.07) is 2.65. The molecule has 0 aliphatic carbocycles. The summed E-state index contributed by atoms with van der Waals surface area (Å²) >= 11 is 0. The zero-order valence-corrected chi connectivity index (χ0v) is 12.0. The average Bonchev–Trinajstić information content (AvgIpc) is 2.51. The number of benzene rings is 1. The zero-order valence-electron chi connectivity index (χ0n) is 12.0. The minimum absolute atomic E-state index is 0.0197. The predicted octanol–water partition coefficient (Wildman–Crippen LogP) is 0.180. The lowest BCUT2D eigenvalue weighted by molar-refractivity contribution is 0.0687. The highest BCUT2D eigenvalue weighted by atomic mass is 19.1. The van der Waals surface area contributed by atoms with Crippen LogP contribution in [0.2, 0.25) is 0 Å². The summed E-state index contributed by atoms with van der Waals surface area (Å²) < 4.78 is 15.7. The standard InChI is InChI=1S/C14H15FN4O3/c1-18-10-7-11(19-4-2-16-3-5-19)9(15)6-8(10)13(20)12(17-18)14(21)22/h6-7,16H,2-5H2,1H3,(H,21,22). The van der Waals surface area contributed by atoms with Gasteiger partial charge in [-0.15, -0.1) is 0 Å². The molecule has 1 saturated heterocycles. The molecule has 0 unspecified atom stereocenters. The molecule has 116 valence electrons. The van der Waals surface area contributed by atoms with Crippen LogP contribution in [0.25, 0.3) is 10.9 Å². The van der Waals surface area contributed by atoms with Crippen LogP contribution < -0.4 is 15.6 Å². The first kappa shape index (κ1) is 14.5. The van der Waals surface area contributed by atoms with E-state index >= 15 is 0 Å². The summed E-state index contributed by atoms with van der Waals surface area (Å²) in [4.78, 5) is 25.0. The van der Waals surface area contributed by atoms with Crippen molar-refractivity contribution in [2.75, 3.05) is 31.1 Å². The van der Waals surface area contributed by atoms with Crippen molar-refractivity contribution >= 4 is 22.6 Å². The van der Waals surface area contributed by atoms with E-state index in [1.807, 2.05) is 4.90 Å². The number of hydrogen-bond acceptors (Lipinski definition) is 5. The first-order valence-corrected chi connectivity index (χ1v) is 6.88. The van der Waals surface area contributed by atoms with Gasteiger partial charge in [0.05, 0.1) is 16.6 Å². The number of carboxylic acid groups (broad SMARTS) is 1. The van der Waals surface area contributed by atoms with Crippen molar-refractivity contribution in [3.05, 3.63) is 33.9 Å². The van der Waals surface area contributed by atoms with Gasteiger partial charge in [0, 0.05) is 33.2 Å². The van der Waals surface area contributed by atoms with Crippen molar-refractivity contribution in [3.8, 4) is 0 Å². The summed E-state index contributed by atoms with van der Waals surface area (Å²) in [5.41, 5.74) is -0.575. The molecule has 0 spiro atoms. The number of halogens is 1. The van der Waals surface area contributed by atoms with Gasteiger partial charge in [-0.3, -0.25) is 9.48 Å². The summed E-state index contributed by atoms with van der Waals surface area (Å²) in [5.74, 6) is -1.96. The topological polar surface area (TPSA) is 87.5 Å². The lowest BCUT2D eigenvalue weighted by Gasteiger charge is -2.30. The van der Waals surface area contributed by atoms with E-state index in [1.165, 1.54) is 11.7 Å². The van der Waals surface area contributed by atoms with Crippen LogP contribution in [-0.4, -0.2) is 47.0 Å². The van der Waals surface area contributed by atoms with Gasteiger partial charge in [-0.2, -0.15) is 5.10 Å². The molecule has 2 heterocycles. The molecule has 7 nitrogen and oxygen atoms in total. The quantitative estimate of drug-likeness (QED) is 0.823. The van der Waals surface area contributed by atoms with Gasteiger partial charge in [-0.05, 0) is 12.1 Å². The Morgan fingerprint density at radius 3 is 2.68 bits per heavy atom. The maximum atomic E-state index is 14.4. The molecule has 0 bridgehead atoms. The Hall–Kier alpha value is -2.48. The first-order valence-electron chi connectivity index (χ1n) is 6.88. The minimum Gasteiger partial charge on any atom is -0.476 e. The highest BCUT2D eigenvalue weighted by Gasteiger charge is 2.20. The Bertz CT molecular complexity index is 812. The second kappa shape index (κ2) is 5.38. The number of carboxylic acids is 1. The van der Waals surface area contributed by atoms with Gasteiger partial charge in [0.2, 0.25) is 11.1 Å². The molecule has 1 fully saturated rings. The minimum atomic E-state index is -1.42. The van der Waals surface area contributed by atoms with E-state index in [1.54, 1.807) is 6.07 Å². The van der Waals surface area contributed by atoms with Crippen molar-refractivity contribution in [3.63, 3.8) is 0 Å². The Balaban J connectivity index is 2.22. The van der Waals surface area contributed by atoms with Gasteiger partial charge in [0.15, 0.2) is 0 Å². The number of fused-ring (bicyclic) bond motifs is 1. The maximum Gasteiger partial charge on any atom is 0.360 e. The molecule has 1 aliphatic rings. The van der Waals surface area contributed by atoms with E-state index in [9.17, 15) is 14.0 Å². The lowest BCUT2D eigenvalue weighted by Crippen LogP contribution is -2.44. The predicted molar refractivity (Wildman–Crippen MR) is 79.0 cm³/mol. The van der Waals surface area contributed by atoms with Crippen LogP contribution >= 0.6 is 0 Å². The molecule has 2 N–H and O–H groups in total. The number of rotatable bonds is 2. The van der Waals surface area contributed by atoms with E-state index in [-0.39, 0.29) is 5.39 Å². The third-order valence-electron chi connectivity index (χ3n) is 3.78. The molecule has 1 aromatic heterocycles. The van der Waals surface area contributed by atoms with Crippen LogP contribution in [0.3, 0.4) is 0 Å². The fraction of sp³-hybridized carbons (Fsp3) is 0.357. The Kier molecular flexibility index (Phi) is 3.53. The fourth-order valence-corrected chi connectivity index (χ4v) is 2.67. The Morgan fingerprint density at radius 2 is 2.05 bits per heavy atom. The van der Waals surface area contributed by atoms with E-state index in [0.29, 0.717) is 24.3 Å². The van der Waals surface area contributed by atoms with Gasteiger partial charge >= 0.3 is 5.97 Å². The summed E-state index contributed by atoms with van der Waals surface area (Å²) in [6.45, 7) is 2.84. The van der Waals surface area contributed by atoms with Gasteiger partial charge in [0.1, 0.15) is 5.82 Å². The molecular weight excluding hydrogens is 291 g/mol. The smallest absolute Gasteiger partial charge is 0.360 e. The van der Waals surface area contributed by atoms with Crippen molar-refractivity contribution < 1.29 is 14.3 Å². The molecule has 0 saturated carbocycles. The number of hydrogen-bond donors (Lipinski definition) is 2. The van der Waals surface area contributed by atoms with Crippen LogP contribution in [-0.2, 0) is 7.05 Å². The van der Waals surface area contributed by atoms with Crippen LogP contribution in [0.5, 0.6) is 0 Å². The van der Waals surface area contributed by atoms with Crippen LogP contribution in [0, 0.1) is 5.82 Å². The SMILES string of the molecule is Cn1nc(C(=O)O)c(=O)c2cc(F)c(N3CCNCC3)cc21. The fourth-order valence-electron chi connectivity index (χ4n) is 2.67. The zero-order chi connectivity index (χ0) is 15.9. The third kappa shape index (κ3) is 2.31. The molecule has 2 aromatic rings. The van der Waals surface area contributed by atoms with Crippen molar-refractivity contribution in [2.45, 2.75) is 0 Å². The molecule has 0 amide bonds. The van der Waals surface area contributed by atoms with E-state index in [2.05, 4.69) is 10.4 Å². The average molecular weight is 306 g/mol. The van der Waals surface area contributed by atoms with E-state index in [4.69, 9.17) is 5.11 Å². The number of anilines is 1. The molecule has 22 heavy (non-hydrogen) atoms. The molecule has 1 aromatic carbocycles. The number of carbonyl (C=O) groups is 1. The van der Waals surface area contributed by atoms with Crippen LogP contribution in [0.4, 0.5) is 10.1 Å². The van der Waals surface area contributed by atoms with E-state index in [0.717, 1.165) is 19.2 Å². The molecule has 3 rings (SSSR count). The molecule has 8 heteroatoms. The van der Waals surface area contributed by atoms with Gasteiger partial charge in [0.25, 0.3) is 0 Å². The third-order valence-corrected chi connectivity index (χ3v) is 3.78. The van der Waals surface area contributed by atoms with E-state index < -0.39 is 22.9 Å². The number of nitrogens with one attached hydrogen (secondary N) is 1. The van der Waals surface area contributed by atoms with Gasteiger partial charge < -0.3 is 15.3 Å². The normalized spacial score (nSPS) is 15.3. The number of piperazine rings is 1. The van der Waals surface area contributed by atoms with Crippen LogP contribution in [0.15, 0.2) is 16.9 Å². The largest absolute Gasteiger partial charge is 0.476 e. The number of aromatic carboxylic acids is 1. The summed E-state index contributed by atoms with van der Waals surface area (Å²) in [5, 5.41) is 16.0. The molecular formula is C14H15FN4O3. The van der Waals surface area contributed by atoms with Crippen LogP contribution in [0.1, 0.15) is 10.5 Å². The molecule has 0 atom stereocenters. The number of aromatic nitrogens is 2. The van der Waals surface area contributed by atoms with Gasteiger partial charge in [-0.25, -0.2) is 9.18 Å². The first-order chi connectivity index (χ1) is 10.5. The maximum absolute atomic E-state index is 14.4. The molecule has 0 radical (unpaired) electrons. The monoisotopic (exact) mass is 306 g/mol. The Labute approximate surface area is 125 Å². The number of nitrogens with zero attached hydrogens (tertiary/aromatic N) is 3.